The van der Waals surface area contributed by atoms with Gasteiger partial charge in [0.2, 0.25) is 0 Å². The Hall–Kier alpha value is -1.06. The maximum Gasteiger partial charge on any atom is 0.310 e. The molecule has 1 aromatic carbocycles. The molecule has 0 aliphatic heterocycles. The van der Waals surface area contributed by atoms with Crippen molar-refractivity contribution >= 4 is 17.6 Å². The summed E-state index contributed by atoms with van der Waals surface area (Å²) in [5.74, 6) is -0.406. The number of nitrogens with two attached hydrogens (primary N) is 1. The van der Waals surface area contributed by atoms with Crippen LogP contribution in [0.4, 0.5) is 0 Å². The Kier molecular flexibility index (Phi) is 6.01. The van der Waals surface area contributed by atoms with Crippen LogP contribution in [0.3, 0.4) is 0 Å². The molecule has 0 amide bonds. The average molecular weight is 256 g/mol. The zero-order chi connectivity index (χ0) is 12.7. The van der Waals surface area contributed by atoms with E-state index in [4.69, 9.17) is 22.1 Å². The largest absolute Gasteiger partial charge is 0.461 e. The number of carbonyl (C=O) groups excluding carboxylic acids is 1. The molecule has 0 spiro atoms. The van der Waals surface area contributed by atoms with Crippen molar-refractivity contribution < 1.29 is 9.53 Å². The van der Waals surface area contributed by atoms with Gasteiger partial charge in [0.05, 0.1) is 5.92 Å². The van der Waals surface area contributed by atoms with Crippen molar-refractivity contribution in [2.75, 3.05) is 6.54 Å². The van der Waals surface area contributed by atoms with E-state index in [9.17, 15) is 4.79 Å². The summed E-state index contributed by atoms with van der Waals surface area (Å²) in [5.41, 5.74) is 6.46. The summed E-state index contributed by atoms with van der Waals surface area (Å²) in [6.45, 7) is 2.64. The Balaban J connectivity index is 2.44. The van der Waals surface area contributed by atoms with Crippen LogP contribution in [-0.4, -0.2) is 12.5 Å². The highest BCUT2D eigenvalue weighted by Gasteiger charge is 2.17. The highest BCUT2D eigenvalue weighted by molar-refractivity contribution is 6.30. The molecule has 0 aromatic heterocycles. The van der Waals surface area contributed by atoms with Crippen LogP contribution >= 0.6 is 11.6 Å². The van der Waals surface area contributed by atoms with Crippen LogP contribution in [0.15, 0.2) is 24.3 Å². The predicted molar refractivity (Wildman–Crippen MR) is 68.7 cm³/mol. The molecule has 94 valence electrons. The molecule has 3 nitrogen and oxygen atoms in total. The Labute approximate surface area is 107 Å². The number of rotatable bonds is 6. The molecule has 0 bridgehead atoms. The van der Waals surface area contributed by atoms with E-state index in [1.807, 2.05) is 19.1 Å². The lowest BCUT2D eigenvalue weighted by Gasteiger charge is -2.13. The first-order valence-corrected chi connectivity index (χ1v) is 6.16. The van der Waals surface area contributed by atoms with Crippen molar-refractivity contribution in [2.45, 2.75) is 26.4 Å². The van der Waals surface area contributed by atoms with Gasteiger partial charge in [0, 0.05) is 11.6 Å². The number of esters is 1. The fourth-order valence-electron chi connectivity index (χ4n) is 1.53. The number of halogens is 1. The molecule has 0 fully saturated rings. The Bertz CT molecular complexity index is 351. The molecule has 0 radical (unpaired) electrons. The predicted octanol–water partition coefficient (Wildman–Crippen LogP) is 2.76. The topological polar surface area (TPSA) is 52.3 Å². The van der Waals surface area contributed by atoms with E-state index in [0.717, 1.165) is 18.4 Å². The molecule has 0 aliphatic rings. The molecule has 1 rings (SSSR count). The van der Waals surface area contributed by atoms with Gasteiger partial charge in [-0.2, -0.15) is 0 Å². The van der Waals surface area contributed by atoms with Crippen LogP contribution in [0, 0.1) is 5.92 Å². The molecule has 2 N–H and O–H groups in total. The lowest BCUT2D eigenvalue weighted by Crippen LogP contribution is -2.25. The second-order valence-corrected chi connectivity index (χ2v) is 4.39. The van der Waals surface area contributed by atoms with Gasteiger partial charge in [-0.15, -0.1) is 0 Å². The minimum atomic E-state index is -0.218. The van der Waals surface area contributed by atoms with Gasteiger partial charge < -0.3 is 10.5 Å². The SMILES string of the molecule is CCCC(CN)C(=O)OCc1ccc(Cl)cc1. The van der Waals surface area contributed by atoms with Crippen molar-refractivity contribution in [1.82, 2.24) is 0 Å². The summed E-state index contributed by atoms with van der Waals surface area (Å²) >= 11 is 5.76. The smallest absolute Gasteiger partial charge is 0.310 e. The van der Waals surface area contributed by atoms with Crippen molar-refractivity contribution in [3.05, 3.63) is 34.9 Å². The van der Waals surface area contributed by atoms with Crippen LogP contribution in [0.5, 0.6) is 0 Å². The summed E-state index contributed by atoms with van der Waals surface area (Å²) in [5, 5.41) is 0.672. The standard InChI is InChI=1S/C13H18ClNO2/c1-2-3-11(8-15)13(16)17-9-10-4-6-12(14)7-5-10/h4-7,11H,2-3,8-9,15H2,1H3. The Morgan fingerprint density at radius 2 is 2.06 bits per heavy atom. The maximum atomic E-state index is 11.7. The first-order chi connectivity index (χ1) is 8.17. The van der Waals surface area contributed by atoms with E-state index in [0.29, 0.717) is 11.6 Å². The van der Waals surface area contributed by atoms with Gasteiger partial charge in [-0.05, 0) is 24.1 Å². The van der Waals surface area contributed by atoms with Crippen LogP contribution in [-0.2, 0) is 16.1 Å². The van der Waals surface area contributed by atoms with Crippen LogP contribution in [0.2, 0.25) is 5.02 Å². The summed E-state index contributed by atoms with van der Waals surface area (Å²) < 4.78 is 5.21. The summed E-state index contributed by atoms with van der Waals surface area (Å²) in [6.07, 6.45) is 1.70. The van der Waals surface area contributed by atoms with E-state index in [1.165, 1.54) is 0 Å². The van der Waals surface area contributed by atoms with Crippen LogP contribution in [0.1, 0.15) is 25.3 Å². The third-order valence-corrected chi connectivity index (χ3v) is 2.80. The number of hydrogen-bond acceptors (Lipinski definition) is 3. The van der Waals surface area contributed by atoms with Gasteiger partial charge in [-0.25, -0.2) is 0 Å². The van der Waals surface area contributed by atoms with E-state index < -0.39 is 0 Å². The monoisotopic (exact) mass is 255 g/mol. The van der Waals surface area contributed by atoms with Gasteiger partial charge in [-0.1, -0.05) is 37.1 Å². The summed E-state index contributed by atoms with van der Waals surface area (Å²) in [7, 11) is 0. The zero-order valence-corrected chi connectivity index (χ0v) is 10.7. The molecule has 1 atom stereocenters. The lowest BCUT2D eigenvalue weighted by atomic mass is 10.0. The third kappa shape index (κ3) is 4.75. The molecule has 17 heavy (non-hydrogen) atoms. The van der Waals surface area contributed by atoms with Crippen LogP contribution in [0.25, 0.3) is 0 Å². The first-order valence-electron chi connectivity index (χ1n) is 5.78. The van der Waals surface area contributed by atoms with Crippen molar-refractivity contribution in [3.63, 3.8) is 0 Å². The fraction of sp³-hybridized carbons (Fsp3) is 0.462. The van der Waals surface area contributed by atoms with Gasteiger partial charge in [0.15, 0.2) is 0 Å². The zero-order valence-electron chi connectivity index (χ0n) is 9.99. The van der Waals surface area contributed by atoms with E-state index in [-0.39, 0.29) is 18.5 Å². The molecule has 0 saturated carbocycles. The molecular weight excluding hydrogens is 238 g/mol. The molecule has 4 heteroatoms. The fourth-order valence-corrected chi connectivity index (χ4v) is 1.66. The van der Waals surface area contributed by atoms with Gasteiger partial charge >= 0.3 is 5.97 Å². The second-order valence-electron chi connectivity index (χ2n) is 3.96. The average Bonchev–Trinajstić information content (AvgIpc) is 2.35. The van der Waals surface area contributed by atoms with Gasteiger partial charge in [-0.3, -0.25) is 4.79 Å². The number of carbonyl (C=O) groups is 1. The third-order valence-electron chi connectivity index (χ3n) is 2.55. The summed E-state index contributed by atoms with van der Waals surface area (Å²) in [6, 6.07) is 7.23. The number of hydrogen-bond donors (Lipinski definition) is 1. The molecule has 0 aliphatic carbocycles. The highest BCUT2D eigenvalue weighted by Crippen LogP contribution is 2.12. The van der Waals surface area contributed by atoms with Crippen molar-refractivity contribution in [3.8, 4) is 0 Å². The first kappa shape index (κ1) is 14.0. The number of ether oxygens (including phenoxy) is 1. The molecule has 1 aromatic rings. The Morgan fingerprint density at radius 1 is 1.41 bits per heavy atom. The van der Waals surface area contributed by atoms with Gasteiger partial charge in [0.25, 0.3) is 0 Å². The highest BCUT2D eigenvalue weighted by atomic mass is 35.5. The van der Waals surface area contributed by atoms with Crippen LogP contribution < -0.4 is 5.73 Å². The lowest BCUT2D eigenvalue weighted by molar-refractivity contribution is -0.149. The molecular formula is C13H18ClNO2. The number of benzene rings is 1. The minimum absolute atomic E-state index is 0.188. The maximum absolute atomic E-state index is 11.7. The van der Waals surface area contributed by atoms with E-state index >= 15 is 0 Å². The molecule has 0 heterocycles. The van der Waals surface area contributed by atoms with Crippen molar-refractivity contribution in [2.24, 2.45) is 11.7 Å². The molecule has 0 saturated heterocycles. The quantitative estimate of drug-likeness (QED) is 0.796. The minimum Gasteiger partial charge on any atom is -0.461 e. The molecule has 1 unspecified atom stereocenters. The normalized spacial score (nSPS) is 12.2. The van der Waals surface area contributed by atoms with Gasteiger partial charge in [0.1, 0.15) is 6.61 Å². The second kappa shape index (κ2) is 7.30. The van der Waals surface area contributed by atoms with E-state index in [1.54, 1.807) is 12.1 Å². The Morgan fingerprint density at radius 3 is 2.59 bits per heavy atom. The van der Waals surface area contributed by atoms with E-state index in [2.05, 4.69) is 0 Å². The summed E-state index contributed by atoms with van der Waals surface area (Å²) in [4.78, 5) is 11.7. The van der Waals surface area contributed by atoms with Crippen molar-refractivity contribution in [1.29, 1.82) is 0 Å².